The van der Waals surface area contributed by atoms with Gasteiger partial charge in [-0.15, -0.1) is 0 Å². The van der Waals surface area contributed by atoms with Crippen LogP contribution in [0.3, 0.4) is 0 Å². The molecule has 0 atom stereocenters. The van der Waals surface area contributed by atoms with Gasteiger partial charge in [0, 0.05) is 14.1 Å². The largest absolute Gasteiger partial charge is 0.493 e. The summed E-state index contributed by atoms with van der Waals surface area (Å²) in [5, 5.41) is 10.1. The normalized spacial score (nSPS) is 10.9. The van der Waals surface area contributed by atoms with Crippen molar-refractivity contribution < 1.29 is 5.11 Å². The van der Waals surface area contributed by atoms with Crippen LogP contribution >= 0.6 is 0 Å². The van der Waals surface area contributed by atoms with E-state index in [2.05, 4.69) is 0 Å². The molecule has 0 aliphatic rings. The molecule has 18 heavy (non-hydrogen) atoms. The Balaban J connectivity index is 2.87. The molecule has 0 radical (unpaired) electrons. The van der Waals surface area contributed by atoms with E-state index in [0.717, 1.165) is 22.3 Å². The van der Waals surface area contributed by atoms with Gasteiger partial charge in [-0.1, -0.05) is 17.7 Å². The van der Waals surface area contributed by atoms with E-state index < -0.39 is 0 Å². The smallest absolute Gasteiger partial charge is 0.278 e. The molecule has 4 heteroatoms. The fourth-order valence-electron chi connectivity index (χ4n) is 2.49. The molecule has 1 heterocycles. The summed E-state index contributed by atoms with van der Waals surface area (Å²) >= 11 is 0. The number of nitrogens with zero attached hydrogens (tertiary/aromatic N) is 2. The lowest BCUT2D eigenvalue weighted by atomic mass is 9.95. The van der Waals surface area contributed by atoms with Crippen molar-refractivity contribution in [1.29, 1.82) is 0 Å². The van der Waals surface area contributed by atoms with Crippen LogP contribution < -0.4 is 5.56 Å². The van der Waals surface area contributed by atoms with Gasteiger partial charge in [0.05, 0.1) is 0 Å². The summed E-state index contributed by atoms with van der Waals surface area (Å²) in [5.41, 5.74) is 4.21. The average molecular weight is 246 g/mol. The molecule has 1 aromatic carbocycles. The van der Waals surface area contributed by atoms with E-state index in [-0.39, 0.29) is 11.4 Å². The van der Waals surface area contributed by atoms with Crippen molar-refractivity contribution in [2.24, 2.45) is 14.1 Å². The first-order valence-corrected chi connectivity index (χ1v) is 5.87. The highest BCUT2D eigenvalue weighted by Crippen LogP contribution is 2.31. The van der Waals surface area contributed by atoms with E-state index in [1.807, 2.05) is 32.9 Å². The molecule has 4 nitrogen and oxygen atoms in total. The van der Waals surface area contributed by atoms with Crippen LogP contribution in [0.15, 0.2) is 16.9 Å². The van der Waals surface area contributed by atoms with Crippen LogP contribution in [0.4, 0.5) is 0 Å². The molecule has 96 valence electrons. The summed E-state index contributed by atoms with van der Waals surface area (Å²) in [4.78, 5) is 12.2. The molecule has 0 aliphatic carbocycles. The van der Waals surface area contributed by atoms with Crippen LogP contribution in [-0.2, 0) is 14.1 Å². The number of aryl methyl sites for hydroxylation is 3. The van der Waals surface area contributed by atoms with Crippen molar-refractivity contribution in [2.75, 3.05) is 0 Å². The molecular formula is C14H18N2O2. The zero-order valence-electron chi connectivity index (χ0n) is 11.4. The molecule has 0 unspecified atom stereocenters. The van der Waals surface area contributed by atoms with Gasteiger partial charge in [0.25, 0.3) is 5.56 Å². The van der Waals surface area contributed by atoms with Gasteiger partial charge in [-0.2, -0.15) is 0 Å². The Bertz CT molecular complexity index is 655. The van der Waals surface area contributed by atoms with Gasteiger partial charge in [-0.25, -0.2) is 0 Å². The number of hydrogen-bond donors (Lipinski definition) is 1. The van der Waals surface area contributed by atoms with E-state index in [0.29, 0.717) is 5.56 Å². The van der Waals surface area contributed by atoms with Crippen LogP contribution in [0.5, 0.6) is 5.88 Å². The minimum Gasteiger partial charge on any atom is -0.493 e. The minimum absolute atomic E-state index is 0.0116. The van der Waals surface area contributed by atoms with E-state index in [9.17, 15) is 9.90 Å². The molecule has 0 fully saturated rings. The summed E-state index contributed by atoms with van der Waals surface area (Å²) in [5.74, 6) is 0.0116. The van der Waals surface area contributed by atoms with Gasteiger partial charge >= 0.3 is 0 Å². The highest BCUT2D eigenvalue weighted by atomic mass is 16.3. The summed E-state index contributed by atoms with van der Waals surface area (Å²) in [7, 11) is 3.31. The summed E-state index contributed by atoms with van der Waals surface area (Å²) < 4.78 is 2.86. The molecule has 0 aliphatic heterocycles. The second kappa shape index (κ2) is 4.05. The molecule has 0 amide bonds. The van der Waals surface area contributed by atoms with E-state index in [1.165, 1.54) is 9.36 Å². The highest BCUT2D eigenvalue weighted by molar-refractivity contribution is 5.74. The topological polar surface area (TPSA) is 47.2 Å². The third kappa shape index (κ3) is 1.65. The van der Waals surface area contributed by atoms with Gasteiger partial charge in [-0.3, -0.25) is 14.2 Å². The Morgan fingerprint density at radius 2 is 1.44 bits per heavy atom. The lowest BCUT2D eigenvalue weighted by Crippen LogP contribution is -2.18. The standard InChI is InChI=1S/C14H18N2O2/c1-8-6-9(2)11(10(3)7-8)12-13(17)15(4)16(5)14(12)18/h6-7,17H,1-5H3. The Morgan fingerprint density at radius 3 is 1.83 bits per heavy atom. The molecule has 0 bridgehead atoms. The Hall–Kier alpha value is -1.97. The SMILES string of the molecule is Cc1cc(C)c(-c2c(O)n(C)n(C)c2=O)c(C)c1. The number of rotatable bonds is 1. The molecule has 2 aromatic rings. The number of hydrogen-bond acceptors (Lipinski definition) is 2. The van der Waals surface area contributed by atoms with Gasteiger partial charge in [-0.05, 0) is 37.5 Å². The third-order valence-corrected chi connectivity index (χ3v) is 3.41. The van der Waals surface area contributed by atoms with Crippen LogP contribution in [0, 0.1) is 20.8 Å². The Labute approximate surface area is 106 Å². The maximum atomic E-state index is 12.2. The van der Waals surface area contributed by atoms with Crippen molar-refractivity contribution in [3.05, 3.63) is 39.2 Å². The fraction of sp³-hybridized carbons (Fsp3) is 0.357. The lowest BCUT2D eigenvalue weighted by Gasteiger charge is -2.09. The van der Waals surface area contributed by atoms with Crippen LogP contribution in [0.1, 0.15) is 16.7 Å². The second-order valence-electron chi connectivity index (χ2n) is 4.82. The number of aromatic nitrogens is 2. The number of aromatic hydroxyl groups is 1. The summed E-state index contributed by atoms with van der Waals surface area (Å²) in [6.07, 6.45) is 0. The monoisotopic (exact) mass is 246 g/mol. The predicted molar refractivity (Wildman–Crippen MR) is 72.0 cm³/mol. The Kier molecular flexibility index (Phi) is 2.81. The van der Waals surface area contributed by atoms with E-state index in [1.54, 1.807) is 14.1 Å². The first kappa shape index (κ1) is 12.5. The first-order valence-electron chi connectivity index (χ1n) is 5.87. The van der Waals surface area contributed by atoms with E-state index in [4.69, 9.17) is 0 Å². The van der Waals surface area contributed by atoms with Crippen molar-refractivity contribution in [1.82, 2.24) is 9.36 Å². The quantitative estimate of drug-likeness (QED) is 0.836. The second-order valence-corrected chi connectivity index (χ2v) is 4.82. The predicted octanol–water partition coefficient (Wildman–Crippen LogP) is 2.02. The lowest BCUT2D eigenvalue weighted by molar-refractivity contribution is 0.398. The summed E-state index contributed by atoms with van der Waals surface area (Å²) in [6.45, 7) is 5.94. The molecule has 0 saturated carbocycles. The zero-order valence-corrected chi connectivity index (χ0v) is 11.4. The van der Waals surface area contributed by atoms with Crippen LogP contribution in [0.2, 0.25) is 0 Å². The zero-order chi connectivity index (χ0) is 13.6. The molecular weight excluding hydrogens is 228 g/mol. The van der Waals surface area contributed by atoms with Crippen molar-refractivity contribution in [3.8, 4) is 17.0 Å². The van der Waals surface area contributed by atoms with Crippen molar-refractivity contribution >= 4 is 0 Å². The molecule has 0 saturated heterocycles. The average Bonchev–Trinajstić information content (AvgIpc) is 2.45. The first-order chi connectivity index (χ1) is 8.34. The number of benzene rings is 1. The highest BCUT2D eigenvalue weighted by Gasteiger charge is 2.20. The molecule has 1 aromatic heterocycles. The summed E-state index contributed by atoms with van der Waals surface area (Å²) in [6, 6.07) is 4.04. The van der Waals surface area contributed by atoms with Crippen LogP contribution in [0.25, 0.3) is 11.1 Å². The van der Waals surface area contributed by atoms with Crippen LogP contribution in [-0.4, -0.2) is 14.5 Å². The van der Waals surface area contributed by atoms with Gasteiger partial charge in [0.2, 0.25) is 5.88 Å². The molecule has 0 spiro atoms. The van der Waals surface area contributed by atoms with E-state index >= 15 is 0 Å². The molecule has 1 N–H and O–H groups in total. The third-order valence-electron chi connectivity index (χ3n) is 3.41. The maximum absolute atomic E-state index is 12.2. The fourth-order valence-corrected chi connectivity index (χ4v) is 2.49. The van der Waals surface area contributed by atoms with Crippen molar-refractivity contribution in [3.63, 3.8) is 0 Å². The van der Waals surface area contributed by atoms with Crippen molar-refractivity contribution in [2.45, 2.75) is 20.8 Å². The van der Waals surface area contributed by atoms with Gasteiger partial charge in [0.1, 0.15) is 5.56 Å². The molecule has 2 rings (SSSR count). The minimum atomic E-state index is -0.176. The Morgan fingerprint density at radius 1 is 0.944 bits per heavy atom. The maximum Gasteiger partial charge on any atom is 0.278 e. The van der Waals surface area contributed by atoms with Gasteiger partial charge < -0.3 is 5.11 Å². The van der Waals surface area contributed by atoms with Gasteiger partial charge in [0.15, 0.2) is 0 Å².